The Bertz CT molecular complexity index is 1050. The number of amides is 1. The Morgan fingerprint density at radius 1 is 0.893 bits per heavy atom. The van der Waals surface area contributed by atoms with Crippen LogP contribution in [0.1, 0.15) is 12.5 Å². The minimum absolute atomic E-state index is 0.175. The van der Waals surface area contributed by atoms with E-state index >= 15 is 0 Å². The molecule has 5 heteroatoms. The van der Waals surface area contributed by atoms with Gasteiger partial charge in [-0.3, -0.25) is 14.4 Å². The second-order valence-electron chi connectivity index (χ2n) is 6.86. The van der Waals surface area contributed by atoms with Crippen molar-refractivity contribution in [3.05, 3.63) is 90.0 Å². The van der Waals surface area contributed by atoms with Crippen LogP contribution in [0.4, 0.5) is 5.69 Å². The molecule has 0 aromatic heterocycles. The monoisotopic (exact) mass is 370 g/mol. The molecule has 2 aromatic rings. The van der Waals surface area contributed by atoms with Crippen LogP contribution in [-0.4, -0.2) is 23.2 Å². The maximum atomic E-state index is 13.7. The van der Waals surface area contributed by atoms with Crippen molar-refractivity contribution in [2.75, 3.05) is 5.01 Å². The fourth-order valence-corrected chi connectivity index (χ4v) is 3.71. The van der Waals surface area contributed by atoms with Crippen molar-refractivity contribution >= 4 is 28.9 Å². The second-order valence-corrected chi connectivity index (χ2v) is 6.86. The van der Waals surface area contributed by atoms with E-state index in [9.17, 15) is 14.4 Å². The van der Waals surface area contributed by atoms with E-state index in [0.717, 1.165) is 5.56 Å². The van der Waals surface area contributed by atoms with Crippen molar-refractivity contribution < 1.29 is 14.4 Å². The Morgan fingerprint density at radius 2 is 1.54 bits per heavy atom. The Hall–Kier alpha value is -3.60. The summed E-state index contributed by atoms with van der Waals surface area (Å²) >= 11 is 0. The number of allylic oxidation sites excluding steroid dienone is 3. The van der Waals surface area contributed by atoms with Crippen molar-refractivity contribution in [2.24, 2.45) is 10.5 Å². The fraction of sp³-hybridized carbons (Fsp3) is 0.130. The first-order chi connectivity index (χ1) is 13.5. The summed E-state index contributed by atoms with van der Waals surface area (Å²) in [6.07, 6.45) is 3.99. The SMILES string of the molecule is CC1=NN(c2ccccc2)C(=O)C1(Cc1ccccc1)C1=CC(=O)C=CC1=O. The third kappa shape index (κ3) is 2.81. The zero-order chi connectivity index (χ0) is 19.7. The molecule has 2 aliphatic rings. The molecule has 4 rings (SSSR count). The highest BCUT2D eigenvalue weighted by Gasteiger charge is 2.54. The number of anilines is 1. The lowest BCUT2D eigenvalue weighted by molar-refractivity contribution is -0.124. The lowest BCUT2D eigenvalue weighted by atomic mass is 9.69. The predicted molar refractivity (Wildman–Crippen MR) is 107 cm³/mol. The lowest BCUT2D eigenvalue weighted by Crippen LogP contribution is -2.45. The van der Waals surface area contributed by atoms with E-state index in [2.05, 4.69) is 5.10 Å². The number of nitrogens with zero attached hydrogens (tertiary/aromatic N) is 2. The smallest absolute Gasteiger partial charge is 0.264 e. The number of para-hydroxylation sites is 1. The standard InChI is InChI=1S/C23H18N2O3/c1-16-23(15-17-8-4-2-5-9-17,20-14-19(26)12-13-21(20)27)22(28)25(24-16)18-10-6-3-7-11-18/h2-14H,15H2,1H3. The first kappa shape index (κ1) is 17.8. The van der Waals surface area contributed by atoms with E-state index in [4.69, 9.17) is 0 Å². The zero-order valence-corrected chi connectivity index (χ0v) is 15.3. The molecule has 1 aliphatic heterocycles. The molecule has 1 heterocycles. The number of carbonyl (C=O) groups is 3. The molecule has 0 saturated carbocycles. The van der Waals surface area contributed by atoms with E-state index < -0.39 is 5.41 Å². The summed E-state index contributed by atoms with van der Waals surface area (Å²) < 4.78 is 0. The molecule has 0 spiro atoms. The van der Waals surface area contributed by atoms with Crippen LogP contribution in [0.5, 0.6) is 0 Å². The minimum Gasteiger partial charge on any atom is -0.290 e. The summed E-state index contributed by atoms with van der Waals surface area (Å²) in [7, 11) is 0. The predicted octanol–water partition coefficient (Wildman–Crippen LogP) is 3.27. The van der Waals surface area contributed by atoms with Crippen LogP contribution in [0.25, 0.3) is 0 Å². The summed E-state index contributed by atoms with van der Waals surface area (Å²) in [5.41, 5.74) is 0.860. The maximum absolute atomic E-state index is 13.7. The molecule has 5 nitrogen and oxygen atoms in total. The van der Waals surface area contributed by atoms with Gasteiger partial charge in [-0.05, 0) is 49.3 Å². The van der Waals surface area contributed by atoms with Gasteiger partial charge in [0.05, 0.1) is 11.4 Å². The van der Waals surface area contributed by atoms with Gasteiger partial charge in [-0.25, -0.2) is 0 Å². The molecule has 0 saturated heterocycles. The molecule has 0 bridgehead atoms. The number of hydrazone groups is 1. The van der Waals surface area contributed by atoms with Gasteiger partial charge in [-0.2, -0.15) is 10.1 Å². The Balaban J connectivity index is 1.87. The van der Waals surface area contributed by atoms with E-state index in [1.165, 1.54) is 23.2 Å². The van der Waals surface area contributed by atoms with Crippen LogP contribution < -0.4 is 5.01 Å². The van der Waals surface area contributed by atoms with Crippen molar-refractivity contribution in [3.63, 3.8) is 0 Å². The number of benzene rings is 2. The largest absolute Gasteiger partial charge is 0.290 e. The number of carbonyl (C=O) groups excluding carboxylic acids is 3. The van der Waals surface area contributed by atoms with Crippen LogP contribution in [-0.2, 0) is 20.8 Å². The number of rotatable bonds is 4. The molecule has 138 valence electrons. The topological polar surface area (TPSA) is 66.8 Å². The van der Waals surface area contributed by atoms with Gasteiger partial charge in [-0.1, -0.05) is 48.5 Å². The second kappa shape index (κ2) is 6.85. The maximum Gasteiger partial charge on any atom is 0.264 e. The molecular weight excluding hydrogens is 352 g/mol. The van der Waals surface area contributed by atoms with Crippen LogP contribution >= 0.6 is 0 Å². The first-order valence-corrected chi connectivity index (χ1v) is 9.00. The molecule has 0 fully saturated rings. The van der Waals surface area contributed by atoms with E-state index in [1.54, 1.807) is 19.1 Å². The summed E-state index contributed by atoms with van der Waals surface area (Å²) in [6.45, 7) is 1.74. The fourth-order valence-electron chi connectivity index (χ4n) is 3.71. The quantitative estimate of drug-likeness (QED) is 0.776. The highest BCUT2D eigenvalue weighted by atomic mass is 16.2. The van der Waals surface area contributed by atoms with E-state index in [0.29, 0.717) is 11.4 Å². The van der Waals surface area contributed by atoms with Crippen molar-refractivity contribution in [1.29, 1.82) is 0 Å². The molecule has 28 heavy (non-hydrogen) atoms. The average molecular weight is 370 g/mol. The van der Waals surface area contributed by atoms with Crippen LogP contribution in [0.3, 0.4) is 0 Å². The van der Waals surface area contributed by atoms with Crippen LogP contribution in [0.2, 0.25) is 0 Å². The van der Waals surface area contributed by atoms with Gasteiger partial charge < -0.3 is 0 Å². The third-order valence-corrected chi connectivity index (χ3v) is 5.15. The number of ketones is 2. The van der Waals surface area contributed by atoms with Gasteiger partial charge in [0.25, 0.3) is 5.91 Å². The molecule has 1 unspecified atom stereocenters. The van der Waals surface area contributed by atoms with Gasteiger partial charge in [-0.15, -0.1) is 0 Å². The zero-order valence-electron chi connectivity index (χ0n) is 15.3. The van der Waals surface area contributed by atoms with Gasteiger partial charge in [0.1, 0.15) is 5.41 Å². The van der Waals surface area contributed by atoms with Crippen molar-refractivity contribution in [2.45, 2.75) is 13.3 Å². The number of hydrogen-bond acceptors (Lipinski definition) is 4. The van der Waals surface area contributed by atoms with Gasteiger partial charge in [0, 0.05) is 5.57 Å². The van der Waals surface area contributed by atoms with Gasteiger partial charge in [0.15, 0.2) is 11.6 Å². The summed E-state index contributed by atoms with van der Waals surface area (Å²) in [5.74, 6) is -0.975. The molecule has 0 N–H and O–H groups in total. The van der Waals surface area contributed by atoms with Crippen molar-refractivity contribution in [1.82, 2.24) is 0 Å². The molecule has 1 atom stereocenters. The van der Waals surface area contributed by atoms with Crippen molar-refractivity contribution in [3.8, 4) is 0 Å². The molecule has 0 radical (unpaired) electrons. The molecule has 1 amide bonds. The first-order valence-electron chi connectivity index (χ1n) is 9.00. The lowest BCUT2D eigenvalue weighted by Gasteiger charge is -2.30. The normalized spacial score (nSPS) is 21.8. The van der Waals surface area contributed by atoms with Gasteiger partial charge >= 0.3 is 0 Å². The van der Waals surface area contributed by atoms with E-state index in [1.807, 2.05) is 48.5 Å². The Kier molecular flexibility index (Phi) is 4.35. The molecule has 2 aromatic carbocycles. The highest BCUT2D eigenvalue weighted by Crippen LogP contribution is 2.43. The summed E-state index contributed by atoms with van der Waals surface area (Å²) in [4.78, 5) is 38.5. The summed E-state index contributed by atoms with van der Waals surface area (Å²) in [5, 5.41) is 5.82. The number of hydrogen-bond donors (Lipinski definition) is 0. The molecular formula is C23H18N2O3. The third-order valence-electron chi connectivity index (χ3n) is 5.15. The Morgan fingerprint density at radius 3 is 2.21 bits per heavy atom. The van der Waals surface area contributed by atoms with Crippen LogP contribution in [0.15, 0.2) is 89.6 Å². The summed E-state index contributed by atoms with van der Waals surface area (Å²) in [6, 6.07) is 18.5. The molecule has 1 aliphatic carbocycles. The average Bonchev–Trinajstić information content (AvgIpc) is 2.97. The van der Waals surface area contributed by atoms with Gasteiger partial charge in [0.2, 0.25) is 0 Å². The highest BCUT2D eigenvalue weighted by molar-refractivity contribution is 6.29. The van der Waals surface area contributed by atoms with Crippen LogP contribution in [0, 0.1) is 5.41 Å². The Labute approximate surface area is 162 Å². The minimum atomic E-state index is -1.31. The van der Waals surface area contributed by atoms with E-state index in [-0.39, 0.29) is 29.5 Å².